The molecule has 1 saturated carbocycles. The van der Waals surface area contributed by atoms with E-state index in [9.17, 15) is 19.4 Å². The van der Waals surface area contributed by atoms with Gasteiger partial charge in [0.2, 0.25) is 0 Å². The molecule has 0 radical (unpaired) electrons. The first-order chi connectivity index (χ1) is 18.7. The Morgan fingerprint density at radius 2 is 1.90 bits per heavy atom. The smallest absolute Gasteiger partial charge is 0.344 e. The number of hydrogen-bond acceptors (Lipinski definition) is 7. The minimum Gasteiger partial charge on any atom is -0.756 e. The summed E-state index contributed by atoms with van der Waals surface area (Å²) in [6.07, 6.45) is 9.40. The van der Waals surface area contributed by atoms with Gasteiger partial charge in [-0.15, -0.1) is 0 Å². The summed E-state index contributed by atoms with van der Waals surface area (Å²) in [7, 11) is -4.79. The largest absolute Gasteiger partial charge is 0.756 e. The summed E-state index contributed by atoms with van der Waals surface area (Å²) in [6.45, 7) is 15.9. The van der Waals surface area contributed by atoms with Crippen LogP contribution >= 0.6 is 7.82 Å². The van der Waals surface area contributed by atoms with Crippen LogP contribution in [0.5, 0.6) is 11.5 Å². The molecule has 0 aliphatic heterocycles. The fourth-order valence-corrected chi connectivity index (χ4v) is 6.98. The van der Waals surface area contributed by atoms with E-state index in [4.69, 9.17) is 13.8 Å². The number of phosphoric acid groups is 1. The van der Waals surface area contributed by atoms with Gasteiger partial charge in [0, 0.05) is 11.5 Å². The van der Waals surface area contributed by atoms with Crippen molar-refractivity contribution in [2.24, 2.45) is 11.3 Å². The van der Waals surface area contributed by atoms with Crippen LogP contribution in [0.3, 0.4) is 0 Å². The van der Waals surface area contributed by atoms with Gasteiger partial charge in [-0.25, -0.2) is 4.79 Å². The number of esters is 1. The average Bonchev–Trinajstić information content (AvgIpc) is 3.31. The SMILES string of the molecule is C=C(C)[C@@H]1CCC(C)=C[C@H]1c1c(O)cc(CCCCC)cc1OC(=O)C1(OP(=O)([O-])OCC(C)(C)C)CCCC1. The molecule has 1 N–H and O–H groups in total. The van der Waals surface area contributed by atoms with Crippen LogP contribution in [0.25, 0.3) is 0 Å². The molecule has 0 spiro atoms. The van der Waals surface area contributed by atoms with E-state index >= 15 is 0 Å². The number of allylic oxidation sites excluding steroid dienone is 3. The number of phenols is 1. The molecular formula is C32H48O7P-. The second-order valence-electron chi connectivity index (χ2n) is 13.0. The maximum absolute atomic E-state index is 13.8. The fraction of sp³-hybridized carbons (Fsp3) is 0.656. The zero-order valence-electron chi connectivity index (χ0n) is 25.2. The summed E-state index contributed by atoms with van der Waals surface area (Å²) in [5.41, 5.74) is 1.53. The van der Waals surface area contributed by atoms with Gasteiger partial charge >= 0.3 is 5.97 Å². The number of aryl methyl sites for hydroxylation is 1. The molecule has 2 aliphatic carbocycles. The lowest BCUT2D eigenvalue weighted by Gasteiger charge is -2.36. The maximum Gasteiger partial charge on any atom is 0.344 e. The van der Waals surface area contributed by atoms with E-state index in [1.54, 1.807) is 6.07 Å². The third kappa shape index (κ3) is 8.55. The molecule has 0 saturated heterocycles. The van der Waals surface area contributed by atoms with Crippen LogP contribution in [0.2, 0.25) is 0 Å². The van der Waals surface area contributed by atoms with E-state index < -0.39 is 24.8 Å². The third-order valence-corrected chi connectivity index (χ3v) is 8.91. The predicted octanol–water partition coefficient (Wildman–Crippen LogP) is 7.91. The molecule has 1 fully saturated rings. The van der Waals surface area contributed by atoms with Gasteiger partial charge in [-0.1, -0.05) is 64.3 Å². The van der Waals surface area contributed by atoms with Gasteiger partial charge in [-0.05, 0) is 94.2 Å². The molecule has 0 heterocycles. The van der Waals surface area contributed by atoms with Gasteiger partial charge in [0.1, 0.15) is 11.5 Å². The standard InChI is InChI=1S/C32H49O7P/c1-8-9-10-13-24-19-27(33)29(26-18-23(4)14-15-25(26)22(2)3)28(20-24)38-30(34)32(16-11-12-17-32)39-40(35,36)37-21-31(5,6)7/h18-20,25-26,33H,2,8-17,21H2,1,3-7H3,(H,35,36)/p-1/t25-,26+/m0/s1. The minimum absolute atomic E-state index is 0.0631. The number of hydrogen-bond donors (Lipinski definition) is 1. The predicted molar refractivity (Wildman–Crippen MR) is 156 cm³/mol. The van der Waals surface area contributed by atoms with E-state index in [0.717, 1.165) is 49.7 Å². The lowest BCUT2D eigenvalue weighted by atomic mass is 9.73. The van der Waals surface area contributed by atoms with Crippen molar-refractivity contribution in [3.8, 4) is 11.5 Å². The lowest BCUT2D eigenvalue weighted by molar-refractivity contribution is -0.239. The molecule has 0 aromatic heterocycles. The van der Waals surface area contributed by atoms with Gasteiger partial charge in [0.05, 0.1) is 6.61 Å². The van der Waals surface area contributed by atoms with Crippen LogP contribution in [-0.4, -0.2) is 23.3 Å². The normalized spacial score (nSPS) is 22.4. The Morgan fingerprint density at radius 1 is 1.23 bits per heavy atom. The minimum atomic E-state index is -4.79. The highest BCUT2D eigenvalue weighted by Gasteiger charge is 2.48. The summed E-state index contributed by atoms with van der Waals surface area (Å²) >= 11 is 0. The molecule has 3 atom stereocenters. The van der Waals surface area contributed by atoms with Crippen LogP contribution in [0, 0.1) is 11.3 Å². The van der Waals surface area contributed by atoms with Crippen LogP contribution in [-0.2, 0) is 24.8 Å². The van der Waals surface area contributed by atoms with Crippen LogP contribution in [0.4, 0.5) is 0 Å². The zero-order valence-corrected chi connectivity index (χ0v) is 26.1. The van der Waals surface area contributed by atoms with Gasteiger partial charge < -0.3 is 19.3 Å². The Hall–Kier alpha value is -1.92. The van der Waals surface area contributed by atoms with E-state index in [-0.39, 0.29) is 42.8 Å². The molecular weight excluding hydrogens is 527 g/mol. The molecule has 40 heavy (non-hydrogen) atoms. The van der Waals surface area contributed by atoms with E-state index in [1.165, 1.54) is 5.57 Å². The molecule has 3 rings (SSSR count). The number of unbranched alkanes of at least 4 members (excludes halogenated alkanes) is 2. The summed E-state index contributed by atoms with van der Waals surface area (Å²) < 4.78 is 29.6. The number of aromatic hydroxyl groups is 1. The number of phosphoric ester groups is 1. The number of benzene rings is 1. The highest BCUT2D eigenvalue weighted by atomic mass is 31.2. The number of carbonyl (C=O) groups excluding carboxylic acids is 1. The first kappa shape index (κ1) is 32.6. The topological polar surface area (TPSA) is 105 Å². The lowest BCUT2D eigenvalue weighted by Crippen LogP contribution is -2.42. The van der Waals surface area contributed by atoms with Gasteiger partial charge in [0.15, 0.2) is 5.60 Å². The molecule has 224 valence electrons. The molecule has 1 aromatic carbocycles. The number of rotatable bonds is 12. The Balaban J connectivity index is 2.01. The Kier molecular flexibility index (Phi) is 10.9. The van der Waals surface area contributed by atoms with Crippen LogP contribution < -0.4 is 9.63 Å². The summed E-state index contributed by atoms with van der Waals surface area (Å²) in [6, 6.07) is 3.59. The van der Waals surface area contributed by atoms with Crippen molar-refractivity contribution in [2.75, 3.05) is 6.61 Å². The molecule has 8 heteroatoms. The molecule has 0 bridgehead atoms. The van der Waals surface area contributed by atoms with Crippen molar-refractivity contribution in [3.63, 3.8) is 0 Å². The first-order valence-corrected chi connectivity index (χ1v) is 16.2. The van der Waals surface area contributed by atoms with E-state index in [2.05, 4.69) is 26.5 Å². The van der Waals surface area contributed by atoms with Gasteiger partial charge in [-0.2, -0.15) is 0 Å². The van der Waals surface area contributed by atoms with Crippen molar-refractivity contribution in [1.82, 2.24) is 0 Å². The number of ether oxygens (including phenoxy) is 1. The number of carbonyl (C=O) groups is 1. The summed E-state index contributed by atoms with van der Waals surface area (Å²) in [5, 5.41) is 11.3. The average molecular weight is 576 g/mol. The third-order valence-electron chi connectivity index (χ3n) is 7.89. The summed E-state index contributed by atoms with van der Waals surface area (Å²) in [5.74, 6) is -0.592. The van der Waals surface area contributed by atoms with Gasteiger partial charge in [-0.3, -0.25) is 9.09 Å². The Morgan fingerprint density at radius 3 is 2.50 bits per heavy atom. The van der Waals surface area contributed by atoms with Crippen LogP contribution in [0.1, 0.15) is 116 Å². The summed E-state index contributed by atoms with van der Waals surface area (Å²) in [4.78, 5) is 26.7. The van der Waals surface area contributed by atoms with Crippen molar-refractivity contribution in [3.05, 3.63) is 47.1 Å². The quantitative estimate of drug-likeness (QED) is 0.0888. The Labute approximate surface area is 240 Å². The van der Waals surface area contributed by atoms with Gasteiger partial charge in [0.25, 0.3) is 7.82 Å². The molecule has 7 nitrogen and oxygen atoms in total. The molecule has 2 aliphatic rings. The van der Waals surface area contributed by atoms with Crippen molar-refractivity contribution >= 4 is 13.8 Å². The second kappa shape index (κ2) is 13.4. The van der Waals surface area contributed by atoms with E-state index in [0.29, 0.717) is 18.4 Å². The second-order valence-corrected chi connectivity index (χ2v) is 14.3. The van der Waals surface area contributed by atoms with Crippen molar-refractivity contribution in [1.29, 1.82) is 0 Å². The monoisotopic (exact) mass is 575 g/mol. The van der Waals surface area contributed by atoms with Crippen molar-refractivity contribution in [2.45, 2.75) is 117 Å². The highest BCUT2D eigenvalue weighted by molar-refractivity contribution is 7.46. The maximum atomic E-state index is 13.8. The first-order valence-electron chi connectivity index (χ1n) is 14.7. The highest BCUT2D eigenvalue weighted by Crippen LogP contribution is 2.51. The molecule has 0 amide bonds. The zero-order chi connectivity index (χ0) is 29.7. The molecule has 1 aromatic rings. The number of phenolic OH excluding ortho intramolecular Hbond substituents is 1. The van der Waals surface area contributed by atoms with Crippen molar-refractivity contribution < 1.29 is 33.1 Å². The Bertz CT molecular complexity index is 1140. The van der Waals surface area contributed by atoms with Crippen LogP contribution in [0.15, 0.2) is 35.9 Å². The fourth-order valence-electron chi connectivity index (χ4n) is 5.70. The molecule has 1 unspecified atom stereocenters. The van der Waals surface area contributed by atoms with E-state index in [1.807, 2.05) is 33.8 Å².